The fraction of sp³-hybridized carbons (Fsp3) is 0.350. The van der Waals surface area contributed by atoms with Crippen molar-refractivity contribution in [3.63, 3.8) is 0 Å². The summed E-state index contributed by atoms with van der Waals surface area (Å²) >= 11 is 0. The van der Waals surface area contributed by atoms with Crippen LogP contribution in [0.3, 0.4) is 0 Å². The zero-order valence-corrected chi connectivity index (χ0v) is 14.9. The summed E-state index contributed by atoms with van der Waals surface area (Å²) in [5, 5.41) is 3.02. The van der Waals surface area contributed by atoms with E-state index in [1.807, 2.05) is 32.9 Å². The minimum absolute atomic E-state index is 0.0752. The normalized spacial score (nSPS) is 13.0. The molecule has 1 amide bonds. The second-order valence-corrected chi connectivity index (χ2v) is 6.03. The molecule has 0 saturated heterocycles. The zero-order chi connectivity index (χ0) is 17.7. The van der Waals surface area contributed by atoms with Gasteiger partial charge >= 0.3 is 0 Å². The molecule has 0 aromatic heterocycles. The van der Waals surface area contributed by atoms with Crippen molar-refractivity contribution in [2.24, 2.45) is 0 Å². The van der Waals surface area contributed by atoms with Crippen LogP contribution in [-0.4, -0.2) is 19.1 Å². The number of aryl methyl sites for hydroxylation is 2. The number of nitrogens with one attached hydrogen (secondary N) is 1. The van der Waals surface area contributed by atoms with Gasteiger partial charge in [0.1, 0.15) is 11.5 Å². The number of carbonyl (C=O) groups is 1. The number of ether oxygens (including phenoxy) is 2. The number of rotatable bonds is 6. The Labute approximate surface area is 143 Å². The zero-order valence-electron chi connectivity index (χ0n) is 14.9. The average Bonchev–Trinajstić information content (AvgIpc) is 2.57. The van der Waals surface area contributed by atoms with Gasteiger partial charge in [0.05, 0.1) is 13.2 Å². The van der Waals surface area contributed by atoms with E-state index in [1.54, 1.807) is 26.2 Å². The molecule has 4 heteroatoms. The van der Waals surface area contributed by atoms with Gasteiger partial charge in [-0.3, -0.25) is 4.79 Å². The van der Waals surface area contributed by atoms with Gasteiger partial charge in [0, 0.05) is 6.07 Å². The summed E-state index contributed by atoms with van der Waals surface area (Å²) < 4.78 is 10.9. The third-order valence-corrected chi connectivity index (χ3v) is 3.98. The Balaban J connectivity index is 2.01. The van der Waals surface area contributed by atoms with Crippen LogP contribution in [0.4, 0.5) is 0 Å². The number of carbonyl (C=O) groups excluding carboxylic acids is 1. The van der Waals surface area contributed by atoms with Crippen molar-refractivity contribution in [2.75, 3.05) is 7.11 Å². The standard InChI is InChI=1S/C20H25NO3/c1-13-9-10-14(2)19(11-13)15(3)21-20(22)16(4)24-18-8-6-7-17(12-18)23-5/h6-12,15-16H,1-5H3,(H,21,22)/t15-,16-/m0/s1. The van der Waals surface area contributed by atoms with Gasteiger partial charge in [0.25, 0.3) is 5.91 Å². The first-order chi connectivity index (χ1) is 11.4. The summed E-state index contributed by atoms with van der Waals surface area (Å²) in [4.78, 5) is 12.4. The van der Waals surface area contributed by atoms with Crippen LogP contribution in [0.5, 0.6) is 11.5 Å². The molecule has 2 atom stereocenters. The Kier molecular flexibility index (Phi) is 5.85. The molecule has 2 aromatic rings. The number of hydrogen-bond donors (Lipinski definition) is 1. The van der Waals surface area contributed by atoms with Crippen molar-refractivity contribution in [3.8, 4) is 11.5 Å². The molecule has 128 valence electrons. The van der Waals surface area contributed by atoms with Crippen molar-refractivity contribution in [1.82, 2.24) is 5.32 Å². The maximum absolute atomic E-state index is 12.4. The molecule has 2 aromatic carbocycles. The lowest BCUT2D eigenvalue weighted by Crippen LogP contribution is -2.38. The summed E-state index contributed by atoms with van der Waals surface area (Å²) in [5.74, 6) is 1.16. The molecule has 0 fully saturated rings. The Morgan fingerprint density at radius 2 is 1.75 bits per heavy atom. The van der Waals surface area contributed by atoms with Gasteiger partial charge in [-0.05, 0) is 51.0 Å². The smallest absolute Gasteiger partial charge is 0.261 e. The van der Waals surface area contributed by atoms with Crippen molar-refractivity contribution >= 4 is 5.91 Å². The summed E-state index contributed by atoms with van der Waals surface area (Å²) in [6.07, 6.45) is -0.593. The van der Waals surface area contributed by atoms with Gasteiger partial charge in [-0.25, -0.2) is 0 Å². The van der Waals surface area contributed by atoms with E-state index < -0.39 is 6.10 Å². The molecule has 0 heterocycles. The van der Waals surface area contributed by atoms with Crippen molar-refractivity contribution in [1.29, 1.82) is 0 Å². The summed E-state index contributed by atoms with van der Waals surface area (Å²) in [6.45, 7) is 7.82. The van der Waals surface area contributed by atoms with Gasteiger partial charge in [-0.1, -0.05) is 29.8 Å². The second-order valence-electron chi connectivity index (χ2n) is 6.03. The molecule has 0 aliphatic rings. The average molecular weight is 327 g/mol. The van der Waals surface area contributed by atoms with Crippen LogP contribution in [-0.2, 0) is 4.79 Å². The highest BCUT2D eigenvalue weighted by molar-refractivity contribution is 5.81. The fourth-order valence-corrected chi connectivity index (χ4v) is 2.57. The topological polar surface area (TPSA) is 47.6 Å². The van der Waals surface area contributed by atoms with Crippen LogP contribution in [0.1, 0.15) is 36.6 Å². The van der Waals surface area contributed by atoms with Crippen LogP contribution in [0.15, 0.2) is 42.5 Å². The van der Waals surface area contributed by atoms with E-state index in [2.05, 4.69) is 23.5 Å². The highest BCUT2D eigenvalue weighted by Crippen LogP contribution is 2.21. The van der Waals surface area contributed by atoms with Gasteiger partial charge in [0.2, 0.25) is 0 Å². The predicted molar refractivity (Wildman–Crippen MR) is 95.6 cm³/mol. The van der Waals surface area contributed by atoms with E-state index in [9.17, 15) is 4.79 Å². The Hall–Kier alpha value is -2.49. The van der Waals surface area contributed by atoms with E-state index in [0.717, 1.165) is 11.1 Å². The first-order valence-electron chi connectivity index (χ1n) is 8.09. The van der Waals surface area contributed by atoms with Crippen molar-refractivity contribution in [3.05, 3.63) is 59.2 Å². The van der Waals surface area contributed by atoms with E-state index in [4.69, 9.17) is 9.47 Å². The molecule has 0 aliphatic carbocycles. The number of benzene rings is 2. The van der Waals surface area contributed by atoms with Crippen molar-refractivity contribution in [2.45, 2.75) is 39.8 Å². The lowest BCUT2D eigenvalue weighted by atomic mass is 10.00. The first-order valence-corrected chi connectivity index (χ1v) is 8.09. The molecule has 0 unspecified atom stereocenters. The van der Waals surface area contributed by atoms with Crippen LogP contribution in [0.2, 0.25) is 0 Å². The van der Waals surface area contributed by atoms with Gasteiger partial charge < -0.3 is 14.8 Å². The second kappa shape index (κ2) is 7.86. The Morgan fingerprint density at radius 3 is 2.46 bits per heavy atom. The predicted octanol–water partition coefficient (Wildman–Crippen LogP) is 3.96. The SMILES string of the molecule is COc1cccc(O[C@@H](C)C(=O)N[C@@H](C)c2cc(C)ccc2C)c1. The van der Waals surface area contributed by atoms with Crippen molar-refractivity contribution < 1.29 is 14.3 Å². The van der Waals surface area contributed by atoms with Gasteiger partial charge in [0.15, 0.2) is 6.10 Å². The van der Waals surface area contributed by atoms with Crippen LogP contribution in [0, 0.1) is 13.8 Å². The van der Waals surface area contributed by atoms with E-state index in [1.165, 1.54) is 5.56 Å². The molecular formula is C20H25NO3. The molecule has 1 N–H and O–H groups in total. The monoisotopic (exact) mass is 327 g/mol. The molecule has 0 spiro atoms. The summed E-state index contributed by atoms with van der Waals surface area (Å²) in [6, 6.07) is 13.4. The summed E-state index contributed by atoms with van der Waals surface area (Å²) in [5.41, 5.74) is 3.46. The highest BCUT2D eigenvalue weighted by atomic mass is 16.5. The van der Waals surface area contributed by atoms with Crippen LogP contribution in [0.25, 0.3) is 0 Å². The molecule has 4 nitrogen and oxygen atoms in total. The number of methoxy groups -OCH3 is 1. The quantitative estimate of drug-likeness (QED) is 0.874. The van der Waals surface area contributed by atoms with Gasteiger partial charge in [-0.2, -0.15) is 0 Å². The maximum atomic E-state index is 12.4. The molecule has 0 aliphatic heterocycles. The maximum Gasteiger partial charge on any atom is 0.261 e. The molecule has 2 rings (SSSR count). The lowest BCUT2D eigenvalue weighted by molar-refractivity contribution is -0.127. The van der Waals surface area contributed by atoms with Crippen LogP contribution >= 0.6 is 0 Å². The number of hydrogen-bond acceptors (Lipinski definition) is 3. The molecular weight excluding hydrogens is 302 g/mol. The van der Waals surface area contributed by atoms with E-state index >= 15 is 0 Å². The third kappa shape index (κ3) is 4.51. The molecule has 24 heavy (non-hydrogen) atoms. The summed E-state index contributed by atoms with van der Waals surface area (Å²) in [7, 11) is 1.60. The molecule has 0 radical (unpaired) electrons. The minimum Gasteiger partial charge on any atom is -0.497 e. The highest BCUT2D eigenvalue weighted by Gasteiger charge is 2.19. The molecule has 0 bridgehead atoms. The Morgan fingerprint density at radius 1 is 1.04 bits per heavy atom. The van der Waals surface area contributed by atoms with E-state index in [0.29, 0.717) is 11.5 Å². The largest absolute Gasteiger partial charge is 0.497 e. The fourth-order valence-electron chi connectivity index (χ4n) is 2.57. The first kappa shape index (κ1) is 17.9. The number of amides is 1. The minimum atomic E-state index is -0.593. The third-order valence-electron chi connectivity index (χ3n) is 3.98. The molecule has 0 saturated carbocycles. The van der Waals surface area contributed by atoms with Crippen LogP contribution < -0.4 is 14.8 Å². The Bertz CT molecular complexity index is 712. The van der Waals surface area contributed by atoms with E-state index in [-0.39, 0.29) is 11.9 Å². The lowest BCUT2D eigenvalue weighted by Gasteiger charge is -2.21. The van der Waals surface area contributed by atoms with Gasteiger partial charge in [-0.15, -0.1) is 0 Å².